The van der Waals surface area contributed by atoms with Crippen molar-refractivity contribution in [2.45, 2.75) is 53.1 Å². The summed E-state index contributed by atoms with van der Waals surface area (Å²) in [6, 6.07) is 0. The Hall–Kier alpha value is -0.860. The molecule has 0 aliphatic heterocycles. The van der Waals surface area contributed by atoms with Crippen LogP contribution in [-0.4, -0.2) is 17.3 Å². The number of hydrogen-bond acceptors (Lipinski definition) is 3. The molecule has 0 radical (unpaired) electrons. The first-order valence-corrected chi connectivity index (χ1v) is 4.99. The fraction of sp³-hybridized carbons (Fsp3) is 0.818. The van der Waals surface area contributed by atoms with Gasteiger partial charge >= 0.3 is 5.97 Å². The number of carbonyl (C=O) groups is 1. The van der Waals surface area contributed by atoms with Gasteiger partial charge in [-0.05, 0) is 33.1 Å². The number of hydrogen-bond donors (Lipinski definition) is 1. The van der Waals surface area contributed by atoms with Crippen LogP contribution in [0.3, 0.4) is 0 Å². The minimum absolute atomic E-state index is 0.120. The number of nitrogens with one attached hydrogen (secondary N) is 1. The van der Waals surface area contributed by atoms with E-state index in [2.05, 4.69) is 0 Å². The van der Waals surface area contributed by atoms with Crippen LogP contribution in [-0.2, 0) is 9.53 Å². The van der Waals surface area contributed by atoms with Crippen molar-refractivity contribution in [3.63, 3.8) is 0 Å². The molecular weight excluding hydrogens is 178 g/mol. The summed E-state index contributed by atoms with van der Waals surface area (Å²) in [4.78, 5) is 11.3. The summed E-state index contributed by atoms with van der Waals surface area (Å²) in [5.74, 6) is 0.119. The van der Waals surface area contributed by atoms with Gasteiger partial charge < -0.3 is 10.1 Å². The third-order valence-electron chi connectivity index (χ3n) is 1.43. The lowest BCUT2D eigenvalue weighted by Gasteiger charge is -2.19. The highest BCUT2D eigenvalue weighted by Crippen LogP contribution is 2.10. The van der Waals surface area contributed by atoms with Gasteiger partial charge in [0.15, 0.2) is 0 Å². The van der Waals surface area contributed by atoms with Crippen molar-refractivity contribution in [1.29, 1.82) is 5.41 Å². The molecule has 0 rings (SSSR count). The molecule has 0 aliphatic carbocycles. The lowest BCUT2D eigenvalue weighted by molar-refractivity contribution is -0.153. The third kappa shape index (κ3) is 7.77. The van der Waals surface area contributed by atoms with Crippen LogP contribution < -0.4 is 0 Å². The molecule has 0 saturated heterocycles. The van der Waals surface area contributed by atoms with Crippen LogP contribution in [0.5, 0.6) is 0 Å². The van der Waals surface area contributed by atoms with Crippen LogP contribution in [0.1, 0.15) is 47.5 Å². The van der Waals surface area contributed by atoms with Crippen LogP contribution in [0.2, 0.25) is 0 Å². The number of carbonyl (C=O) groups excluding carboxylic acids is 1. The zero-order valence-electron chi connectivity index (χ0n) is 9.81. The Bertz CT molecular complexity index is 214. The van der Waals surface area contributed by atoms with Gasteiger partial charge in [-0.1, -0.05) is 13.8 Å². The molecule has 0 atom stereocenters. The normalized spacial score (nSPS) is 11.6. The molecule has 82 valence electrons. The Labute approximate surface area is 86.3 Å². The van der Waals surface area contributed by atoms with Gasteiger partial charge in [0.05, 0.1) is 6.42 Å². The van der Waals surface area contributed by atoms with Crippen molar-refractivity contribution in [2.24, 2.45) is 5.92 Å². The summed E-state index contributed by atoms with van der Waals surface area (Å²) in [5.41, 5.74) is 0.00380. The van der Waals surface area contributed by atoms with Crippen molar-refractivity contribution in [2.75, 3.05) is 0 Å². The second-order valence-corrected chi connectivity index (χ2v) is 4.96. The van der Waals surface area contributed by atoms with E-state index >= 15 is 0 Å². The molecule has 0 aromatic rings. The van der Waals surface area contributed by atoms with Gasteiger partial charge in [0.1, 0.15) is 5.60 Å². The van der Waals surface area contributed by atoms with Crippen LogP contribution in [0.15, 0.2) is 0 Å². The molecule has 0 spiro atoms. The molecule has 0 aliphatic rings. The van der Waals surface area contributed by atoms with E-state index in [1.54, 1.807) is 0 Å². The van der Waals surface area contributed by atoms with Crippen LogP contribution in [0.25, 0.3) is 0 Å². The highest BCUT2D eigenvalue weighted by atomic mass is 16.6. The molecule has 0 unspecified atom stereocenters. The van der Waals surface area contributed by atoms with Crippen LogP contribution in [0.4, 0.5) is 0 Å². The SMILES string of the molecule is CC(C)CC(=N)CC(=O)OC(C)(C)C. The largest absolute Gasteiger partial charge is 0.460 e. The third-order valence-corrected chi connectivity index (χ3v) is 1.43. The lowest BCUT2D eigenvalue weighted by Crippen LogP contribution is -2.25. The number of esters is 1. The Morgan fingerprint density at radius 2 is 1.86 bits per heavy atom. The molecular formula is C11H21NO2. The molecule has 14 heavy (non-hydrogen) atoms. The Morgan fingerprint density at radius 3 is 2.21 bits per heavy atom. The summed E-state index contributed by atoms with van der Waals surface area (Å²) in [5, 5.41) is 7.56. The van der Waals surface area contributed by atoms with E-state index in [-0.39, 0.29) is 12.4 Å². The highest BCUT2D eigenvalue weighted by molar-refractivity contribution is 5.97. The molecule has 0 bridgehead atoms. The Kier molecular flexibility index (Phi) is 4.81. The van der Waals surface area contributed by atoms with Gasteiger partial charge in [0.25, 0.3) is 0 Å². The van der Waals surface area contributed by atoms with Gasteiger partial charge in [-0.25, -0.2) is 0 Å². The summed E-state index contributed by atoms with van der Waals surface area (Å²) >= 11 is 0. The number of rotatable bonds is 4. The lowest BCUT2D eigenvalue weighted by atomic mass is 10.0. The van der Waals surface area contributed by atoms with Gasteiger partial charge in [-0.2, -0.15) is 0 Å². The van der Waals surface area contributed by atoms with Crippen molar-refractivity contribution in [1.82, 2.24) is 0 Å². The van der Waals surface area contributed by atoms with Crippen molar-refractivity contribution in [3.05, 3.63) is 0 Å². The maximum atomic E-state index is 11.3. The monoisotopic (exact) mass is 199 g/mol. The second-order valence-electron chi connectivity index (χ2n) is 4.96. The minimum Gasteiger partial charge on any atom is -0.460 e. The standard InChI is InChI=1S/C11H21NO2/c1-8(2)6-9(12)7-10(13)14-11(3,4)5/h8,12H,6-7H2,1-5H3. The van der Waals surface area contributed by atoms with E-state index in [0.717, 1.165) is 0 Å². The quantitative estimate of drug-likeness (QED) is 0.559. The zero-order valence-corrected chi connectivity index (χ0v) is 9.81. The molecule has 0 heterocycles. The highest BCUT2D eigenvalue weighted by Gasteiger charge is 2.17. The number of ether oxygens (including phenoxy) is 1. The average molecular weight is 199 g/mol. The van der Waals surface area contributed by atoms with E-state index in [1.807, 2.05) is 34.6 Å². The Balaban J connectivity index is 3.90. The van der Waals surface area contributed by atoms with E-state index < -0.39 is 5.60 Å². The summed E-state index contributed by atoms with van der Waals surface area (Å²) in [7, 11) is 0. The van der Waals surface area contributed by atoms with Gasteiger partial charge in [0.2, 0.25) is 0 Å². The van der Waals surface area contributed by atoms with Crippen molar-refractivity contribution in [3.8, 4) is 0 Å². The van der Waals surface area contributed by atoms with Crippen LogP contribution >= 0.6 is 0 Å². The van der Waals surface area contributed by atoms with Crippen molar-refractivity contribution < 1.29 is 9.53 Å². The first-order valence-electron chi connectivity index (χ1n) is 4.99. The van der Waals surface area contributed by atoms with E-state index in [1.165, 1.54) is 0 Å². The summed E-state index contributed by atoms with van der Waals surface area (Å²) < 4.78 is 5.11. The Morgan fingerprint density at radius 1 is 1.36 bits per heavy atom. The van der Waals surface area contributed by atoms with Crippen LogP contribution in [0, 0.1) is 11.3 Å². The molecule has 0 fully saturated rings. The predicted molar refractivity (Wildman–Crippen MR) is 57.6 cm³/mol. The van der Waals surface area contributed by atoms with E-state index in [4.69, 9.17) is 10.1 Å². The predicted octanol–water partition coefficient (Wildman–Crippen LogP) is 2.78. The molecule has 0 saturated carbocycles. The zero-order chi connectivity index (χ0) is 11.4. The molecule has 0 aromatic carbocycles. The average Bonchev–Trinajstić information content (AvgIpc) is 1.77. The molecule has 0 aromatic heterocycles. The van der Waals surface area contributed by atoms with Gasteiger partial charge in [0, 0.05) is 5.71 Å². The maximum absolute atomic E-state index is 11.3. The topological polar surface area (TPSA) is 50.2 Å². The molecule has 3 nitrogen and oxygen atoms in total. The minimum atomic E-state index is -0.449. The van der Waals surface area contributed by atoms with Crippen molar-refractivity contribution >= 4 is 11.7 Å². The first kappa shape index (κ1) is 13.1. The fourth-order valence-electron chi connectivity index (χ4n) is 1.12. The molecule has 0 amide bonds. The maximum Gasteiger partial charge on any atom is 0.312 e. The summed E-state index contributed by atoms with van der Waals surface area (Å²) in [6.45, 7) is 9.55. The fourth-order valence-corrected chi connectivity index (χ4v) is 1.12. The summed E-state index contributed by atoms with van der Waals surface area (Å²) in [6.07, 6.45) is 0.786. The van der Waals surface area contributed by atoms with E-state index in [9.17, 15) is 4.79 Å². The first-order chi connectivity index (χ1) is 6.20. The molecule has 3 heteroatoms. The second kappa shape index (κ2) is 5.13. The van der Waals surface area contributed by atoms with Gasteiger partial charge in [-0.3, -0.25) is 4.79 Å². The van der Waals surface area contributed by atoms with E-state index in [0.29, 0.717) is 18.1 Å². The van der Waals surface area contributed by atoms with Gasteiger partial charge in [-0.15, -0.1) is 0 Å². The molecule has 1 N–H and O–H groups in total. The smallest absolute Gasteiger partial charge is 0.312 e.